The van der Waals surface area contributed by atoms with Crippen molar-refractivity contribution in [1.29, 1.82) is 0 Å². The second-order valence-electron chi connectivity index (χ2n) is 13.2. The van der Waals surface area contributed by atoms with E-state index in [1.807, 2.05) is 49.4 Å². The summed E-state index contributed by atoms with van der Waals surface area (Å²) in [6, 6.07) is 14.0. The molecule has 218 valence electrons. The Morgan fingerprint density at radius 3 is 1.98 bits per heavy atom. The minimum absolute atomic E-state index is 0.134. The molecule has 0 N–H and O–H groups in total. The number of ketones is 2. The van der Waals surface area contributed by atoms with Gasteiger partial charge in [0.05, 0.1) is 11.1 Å². The van der Waals surface area contributed by atoms with Crippen LogP contribution in [0.1, 0.15) is 90.7 Å². The summed E-state index contributed by atoms with van der Waals surface area (Å²) >= 11 is 3.77. The summed E-state index contributed by atoms with van der Waals surface area (Å²) in [5.41, 5.74) is 5.46. The quantitative estimate of drug-likeness (QED) is 0.296. The molecular weight excluding hydrogens is 578 g/mol. The standard InChI is InChI=1S/C35H42BrNO4/c1-7-14-37-25-17-34(3,4)19-27(38)31(25)30(32-26(37)18-35(5,6)20-28(32)39)23-15-24(36)33(29(16-23)40-8-2)41-21-22-12-10-9-11-13-22/h9-13,15-16,30H,7-8,14,17-21H2,1-6H3. The van der Waals surface area contributed by atoms with Crippen LogP contribution >= 0.6 is 15.9 Å². The van der Waals surface area contributed by atoms with Gasteiger partial charge in [0.1, 0.15) is 6.61 Å². The van der Waals surface area contributed by atoms with Gasteiger partial charge >= 0.3 is 0 Å². The van der Waals surface area contributed by atoms with Gasteiger partial charge in [-0.3, -0.25) is 9.59 Å². The van der Waals surface area contributed by atoms with Gasteiger partial charge in [-0.05, 0) is 76.2 Å². The molecule has 6 heteroatoms. The summed E-state index contributed by atoms with van der Waals surface area (Å²) in [7, 11) is 0. The molecule has 0 spiro atoms. The van der Waals surface area contributed by atoms with Crippen molar-refractivity contribution in [2.75, 3.05) is 13.2 Å². The van der Waals surface area contributed by atoms with Gasteiger partial charge in [0.15, 0.2) is 23.1 Å². The first-order valence-corrected chi connectivity index (χ1v) is 15.7. The van der Waals surface area contributed by atoms with Crippen molar-refractivity contribution < 1.29 is 19.1 Å². The van der Waals surface area contributed by atoms with E-state index in [2.05, 4.69) is 55.4 Å². The van der Waals surface area contributed by atoms with Gasteiger partial charge in [-0.1, -0.05) is 65.0 Å². The number of ether oxygens (including phenoxy) is 2. The highest BCUT2D eigenvalue weighted by Crippen LogP contribution is 2.55. The molecule has 2 aromatic rings. The van der Waals surface area contributed by atoms with E-state index < -0.39 is 5.92 Å². The van der Waals surface area contributed by atoms with Gasteiger partial charge in [-0.15, -0.1) is 0 Å². The van der Waals surface area contributed by atoms with Crippen molar-refractivity contribution in [3.8, 4) is 11.5 Å². The molecule has 0 saturated carbocycles. The lowest BCUT2D eigenvalue weighted by atomic mass is 9.63. The highest BCUT2D eigenvalue weighted by molar-refractivity contribution is 9.10. The Labute approximate surface area is 253 Å². The fraction of sp³-hybridized carbons (Fsp3) is 0.486. The van der Waals surface area contributed by atoms with E-state index in [0.717, 1.165) is 63.9 Å². The molecule has 0 amide bonds. The summed E-state index contributed by atoms with van der Waals surface area (Å²) < 4.78 is 13.1. The van der Waals surface area contributed by atoms with Crippen LogP contribution in [-0.4, -0.2) is 29.6 Å². The summed E-state index contributed by atoms with van der Waals surface area (Å²) in [4.78, 5) is 30.4. The zero-order valence-electron chi connectivity index (χ0n) is 25.2. The van der Waals surface area contributed by atoms with Crippen molar-refractivity contribution >= 4 is 27.5 Å². The van der Waals surface area contributed by atoms with Crippen molar-refractivity contribution in [3.63, 3.8) is 0 Å². The Kier molecular flexibility index (Phi) is 8.26. The summed E-state index contributed by atoms with van der Waals surface area (Å²) in [5, 5.41) is 0. The van der Waals surface area contributed by atoms with E-state index in [-0.39, 0.29) is 22.4 Å². The van der Waals surface area contributed by atoms with Crippen molar-refractivity contribution in [3.05, 3.63) is 80.6 Å². The van der Waals surface area contributed by atoms with Gasteiger partial charge < -0.3 is 14.4 Å². The Morgan fingerprint density at radius 2 is 1.44 bits per heavy atom. The van der Waals surface area contributed by atoms with E-state index >= 15 is 0 Å². The third-order valence-electron chi connectivity index (χ3n) is 8.36. The van der Waals surface area contributed by atoms with E-state index in [0.29, 0.717) is 37.6 Å². The second kappa shape index (κ2) is 11.4. The molecule has 0 fully saturated rings. The average molecular weight is 621 g/mol. The van der Waals surface area contributed by atoms with Crippen LogP contribution in [0.3, 0.4) is 0 Å². The maximum Gasteiger partial charge on any atom is 0.175 e. The maximum atomic E-state index is 14.0. The highest BCUT2D eigenvalue weighted by Gasteiger charge is 2.49. The Bertz CT molecular complexity index is 1370. The molecule has 3 aliphatic rings. The zero-order chi connectivity index (χ0) is 29.5. The Balaban J connectivity index is 1.68. The number of halogens is 1. The SMILES string of the molecule is CCCN1C2=C(C(=O)CC(C)(C)C2)C(c2cc(Br)c(OCc3ccccc3)c(OCC)c2)C2=C1CC(C)(C)CC2=O. The number of nitrogens with zero attached hydrogens (tertiary/aromatic N) is 1. The van der Waals surface area contributed by atoms with Crippen molar-refractivity contribution in [2.45, 2.75) is 86.2 Å². The minimum Gasteiger partial charge on any atom is -0.490 e. The van der Waals surface area contributed by atoms with Crippen molar-refractivity contribution in [1.82, 2.24) is 4.90 Å². The lowest BCUT2D eigenvalue weighted by Gasteiger charge is -2.49. The summed E-state index contributed by atoms with van der Waals surface area (Å²) in [5.74, 6) is 1.10. The smallest absolute Gasteiger partial charge is 0.175 e. The number of allylic oxidation sites excluding steroid dienone is 4. The molecule has 2 aliphatic carbocycles. The van der Waals surface area contributed by atoms with Crippen LogP contribution in [0, 0.1) is 10.8 Å². The van der Waals surface area contributed by atoms with E-state index in [9.17, 15) is 9.59 Å². The molecule has 0 atom stereocenters. The molecule has 2 aromatic carbocycles. The fourth-order valence-electron chi connectivity index (χ4n) is 6.76. The van der Waals surface area contributed by atoms with Crippen molar-refractivity contribution in [2.24, 2.45) is 10.8 Å². The molecule has 0 bridgehead atoms. The fourth-order valence-corrected chi connectivity index (χ4v) is 7.34. The molecule has 5 nitrogen and oxygen atoms in total. The molecule has 0 unspecified atom stereocenters. The van der Waals surface area contributed by atoms with Crippen LogP contribution in [0.25, 0.3) is 0 Å². The lowest BCUT2D eigenvalue weighted by Crippen LogP contribution is -2.44. The maximum absolute atomic E-state index is 14.0. The van der Waals surface area contributed by atoms with Crippen LogP contribution in [-0.2, 0) is 16.2 Å². The largest absolute Gasteiger partial charge is 0.490 e. The van der Waals surface area contributed by atoms with Gasteiger partial charge in [-0.2, -0.15) is 0 Å². The van der Waals surface area contributed by atoms with Crippen LogP contribution in [0.2, 0.25) is 0 Å². The highest BCUT2D eigenvalue weighted by atomic mass is 79.9. The molecule has 0 aromatic heterocycles. The lowest BCUT2D eigenvalue weighted by molar-refractivity contribution is -0.119. The van der Waals surface area contributed by atoms with E-state index in [1.54, 1.807) is 0 Å². The summed E-state index contributed by atoms with van der Waals surface area (Å²) in [6.07, 6.45) is 3.51. The number of hydrogen-bond acceptors (Lipinski definition) is 5. The van der Waals surface area contributed by atoms with Crippen LogP contribution in [0.5, 0.6) is 11.5 Å². The molecule has 0 saturated heterocycles. The number of hydrogen-bond donors (Lipinski definition) is 0. The Morgan fingerprint density at radius 1 is 0.854 bits per heavy atom. The molecule has 1 heterocycles. The third kappa shape index (κ3) is 5.90. The normalized spacial score (nSPS) is 20.2. The predicted molar refractivity (Wildman–Crippen MR) is 166 cm³/mol. The molecule has 0 radical (unpaired) electrons. The van der Waals surface area contributed by atoms with Gasteiger partial charge in [0.25, 0.3) is 0 Å². The molecular formula is C35H42BrNO4. The Hall–Kier alpha value is -2.86. The average Bonchev–Trinajstić information content (AvgIpc) is 2.88. The molecule has 1 aliphatic heterocycles. The monoisotopic (exact) mass is 619 g/mol. The molecule has 41 heavy (non-hydrogen) atoms. The number of rotatable bonds is 8. The first kappa shape index (κ1) is 29.6. The van der Waals surface area contributed by atoms with Gasteiger partial charge in [0, 0.05) is 47.8 Å². The third-order valence-corrected chi connectivity index (χ3v) is 8.95. The van der Waals surface area contributed by atoms with Crippen LogP contribution in [0.4, 0.5) is 0 Å². The molecule has 5 rings (SSSR count). The van der Waals surface area contributed by atoms with Gasteiger partial charge in [0.2, 0.25) is 0 Å². The number of Topliss-reactive ketones (excluding diaryl/α,β-unsaturated/α-hetero) is 2. The minimum atomic E-state index is -0.418. The summed E-state index contributed by atoms with van der Waals surface area (Å²) in [6.45, 7) is 14.5. The first-order chi connectivity index (χ1) is 19.4. The number of carbonyl (C=O) groups excluding carboxylic acids is 2. The second-order valence-corrected chi connectivity index (χ2v) is 14.1. The first-order valence-electron chi connectivity index (χ1n) is 14.9. The van der Waals surface area contributed by atoms with E-state index in [1.165, 1.54) is 0 Å². The van der Waals surface area contributed by atoms with E-state index in [4.69, 9.17) is 9.47 Å². The zero-order valence-corrected chi connectivity index (χ0v) is 26.8. The van der Waals surface area contributed by atoms with Crippen LogP contribution in [0.15, 0.2) is 69.5 Å². The predicted octanol–water partition coefficient (Wildman–Crippen LogP) is 8.52. The van der Waals surface area contributed by atoms with Crippen LogP contribution < -0.4 is 9.47 Å². The van der Waals surface area contributed by atoms with Gasteiger partial charge in [-0.25, -0.2) is 0 Å². The number of benzene rings is 2. The topological polar surface area (TPSA) is 55.8 Å². The number of carbonyl (C=O) groups is 2.